The maximum absolute atomic E-state index is 12.2. The molecule has 0 saturated heterocycles. The summed E-state index contributed by atoms with van der Waals surface area (Å²) in [6.45, 7) is -0.253. The lowest BCUT2D eigenvalue weighted by molar-refractivity contribution is -0.0501. The number of rotatable bonds is 6. The van der Waals surface area contributed by atoms with Gasteiger partial charge in [0, 0.05) is 6.54 Å². The molecule has 7 heteroatoms. The van der Waals surface area contributed by atoms with Gasteiger partial charge in [-0.05, 0) is 24.6 Å². The van der Waals surface area contributed by atoms with Gasteiger partial charge in [0.1, 0.15) is 5.75 Å². The van der Waals surface area contributed by atoms with Gasteiger partial charge >= 0.3 is 6.61 Å². The Kier molecular flexibility index (Phi) is 8.02. The number of benzene rings is 1. The summed E-state index contributed by atoms with van der Waals surface area (Å²) in [5.74, 6) is -0.464. The Balaban J connectivity index is 0.00000324. The molecule has 1 amide bonds. The van der Waals surface area contributed by atoms with Crippen molar-refractivity contribution < 1.29 is 18.3 Å². The second kappa shape index (κ2) is 8.66. The lowest BCUT2D eigenvalue weighted by atomic mass is 10.1. The van der Waals surface area contributed by atoms with Crippen LogP contribution in [0, 0.1) is 5.92 Å². The standard InChI is InChI=1S/C12H16F2N2O2.ClH/c1-8(6-15)7-16-11(17)9-4-2-3-5-10(9)18-12(13)14;/h2-5,8,12H,6-7,15H2,1H3,(H,16,17);1H. The quantitative estimate of drug-likeness (QED) is 0.844. The molecule has 0 fully saturated rings. The molecule has 0 radical (unpaired) electrons. The lowest BCUT2D eigenvalue weighted by Crippen LogP contribution is -2.31. The summed E-state index contributed by atoms with van der Waals surface area (Å²) in [6.07, 6.45) is 0. The first-order valence-electron chi connectivity index (χ1n) is 5.56. The van der Waals surface area contributed by atoms with E-state index in [1.165, 1.54) is 18.2 Å². The van der Waals surface area contributed by atoms with Gasteiger partial charge in [0.15, 0.2) is 0 Å². The summed E-state index contributed by atoms with van der Waals surface area (Å²) < 4.78 is 28.6. The molecule has 0 aliphatic carbocycles. The first-order chi connectivity index (χ1) is 8.54. The smallest absolute Gasteiger partial charge is 0.387 e. The zero-order valence-corrected chi connectivity index (χ0v) is 11.3. The first-order valence-corrected chi connectivity index (χ1v) is 5.56. The number of amides is 1. The van der Waals surface area contributed by atoms with Crippen LogP contribution in [0.5, 0.6) is 5.75 Å². The predicted octanol–water partition coefficient (Wildman–Crippen LogP) is 2.03. The number of ether oxygens (including phenoxy) is 1. The molecule has 4 nitrogen and oxygen atoms in total. The van der Waals surface area contributed by atoms with E-state index in [4.69, 9.17) is 5.73 Å². The van der Waals surface area contributed by atoms with Gasteiger partial charge < -0.3 is 15.8 Å². The Morgan fingerprint density at radius 3 is 2.63 bits per heavy atom. The van der Waals surface area contributed by atoms with Gasteiger partial charge in [-0.25, -0.2) is 0 Å². The van der Waals surface area contributed by atoms with E-state index < -0.39 is 12.5 Å². The van der Waals surface area contributed by atoms with Crippen molar-refractivity contribution in [2.75, 3.05) is 13.1 Å². The van der Waals surface area contributed by atoms with Crippen molar-refractivity contribution in [2.24, 2.45) is 11.7 Å². The number of hydrogen-bond donors (Lipinski definition) is 2. The average Bonchev–Trinajstić information content (AvgIpc) is 2.35. The molecule has 0 spiro atoms. The molecule has 1 aromatic carbocycles. The fourth-order valence-corrected chi connectivity index (χ4v) is 1.30. The zero-order valence-electron chi connectivity index (χ0n) is 10.4. The average molecular weight is 295 g/mol. The zero-order chi connectivity index (χ0) is 13.5. The number of alkyl halides is 2. The Labute approximate surface area is 116 Å². The molecular weight excluding hydrogens is 278 g/mol. The maximum Gasteiger partial charge on any atom is 0.387 e. The Hall–Kier alpha value is -1.40. The van der Waals surface area contributed by atoms with Crippen LogP contribution in [0.15, 0.2) is 24.3 Å². The molecule has 0 aromatic heterocycles. The molecule has 108 valence electrons. The lowest BCUT2D eigenvalue weighted by Gasteiger charge is -2.13. The van der Waals surface area contributed by atoms with E-state index in [9.17, 15) is 13.6 Å². The Bertz CT molecular complexity index is 405. The van der Waals surface area contributed by atoms with Crippen molar-refractivity contribution in [3.63, 3.8) is 0 Å². The van der Waals surface area contributed by atoms with E-state index in [2.05, 4.69) is 10.1 Å². The summed E-state index contributed by atoms with van der Waals surface area (Å²) in [5.41, 5.74) is 5.50. The Morgan fingerprint density at radius 1 is 1.42 bits per heavy atom. The highest BCUT2D eigenvalue weighted by atomic mass is 35.5. The molecule has 0 aliphatic heterocycles. The molecule has 1 aromatic rings. The van der Waals surface area contributed by atoms with Crippen LogP contribution < -0.4 is 15.8 Å². The Morgan fingerprint density at radius 2 is 2.05 bits per heavy atom. The number of hydrogen-bond acceptors (Lipinski definition) is 3. The third kappa shape index (κ3) is 5.85. The molecule has 1 rings (SSSR count). The van der Waals surface area contributed by atoms with E-state index in [0.717, 1.165) is 0 Å². The molecule has 0 saturated carbocycles. The predicted molar refractivity (Wildman–Crippen MR) is 70.9 cm³/mol. The second-order valence-electron chi connectivity index (χ2n) is 3.93. The molecule has 0 aliphatic rings. The highest BCUT2D eigenvalue weighted by Crippen LogP contribution is 2.19. The van der Waals surface area contributed by atoms with Crippen LogP contribution in [0.3, 0.4) is 0 Å². The van der Waals surface area contributed by atoms with Crippen LogP contribution in [-0.2, 0) is 0 Å². The first kappa shape index (κ1) is 17.6. The third-order valence-corrected chi connectivity index (χ3v) is 2.36. The number of carbonyl (C=O) groups excluding carboxylic acids is 1. The van der Waals surface area contributed by atoms with Gasteiger partial charge in [-0.2, -0.15) is 8.78 Å². The molecule has 3 N–H and O–H groups in total. The number of nitrogens with two attached hydrogens (primary N) is 1. The topological polar surface area (TPSA) is 64.3 Å². The highest BCUT2D eigenvalue weighted by Gasteiger charge is 2.15. The van der Waals surface area contributed by atoms with E-state index in [-0.39, 0.29) is 29.6 Å². The summed E-state index contributed by atoms with van der Waals surface area (Å²) in [6, 6.07) is 5.87. The summed E-state index contributed by atoms with van der Waals surface area (Å²) >= 11 is 0. The summed E-state index contributed by atoms with van der Waals surface area (Å²) in [5, 5.41) is 2.62. The summed E-state index contributed by atoms with van der Waals surface area (Å²) in [4.78, 5) is 11.8. The fraction of sp³-hybridized carbons (Fsp3) is 0.417. The van der Waals surface area contributed by atoms with Crippen LogP contribution >= 0.6 is 12.4 Å². The van der Waals surface area contributed by atoms with E-state index in [1.807, 2.05) is 6.92 Å². The van der Waals surface area contributed by atoms with Crippen LogP contribution in [-0.4, -0.2) is 25.6 Å². The maximum atomic E-state index is 12.2. The van der Waals surface area contributed by atoms with Gasteiger partial charge in [0.2, 0.25) is 0 Å². The van der Waals surface area contributed by atoms with Gasteiger partial charge in [0.25, 0.3) is 5.91 Å². The number of para-hydroxylation sites is 1. The van der Waals surface area contributed by atoms with Crippen LogP contribution in [0.1, 0.15) is 17.3 Å². The second-order valence-corrected chi connectivity index (χ2v) is 3.93. The van der Waals surface area contributed by atoms with Gasteiger partial charge in [-0.3, -0.25) is 4.79 Å². The highest BCUT2D eigenvalue weighted by molar-refractivity contribution is 5.96. The largest absolute Gasteiger partial charge is 0.434 e. The van der Waals surface area contributed by atoms with E-state index in [0.29, 0.717) is 13.1 Å². The van der Waals surface area contributed by atoms with Crippen LogP contribution in [0.4, 0.5) is 8.78 Å². The van der Waals surface area contributed by atoms with E-state index in [1.54, 1.807) is 6.07 Å². The SMILES string of the molecule is CC(CN)CNC(=O)c1ccccc1OC(F)F.Cl. The summed E-state index contributed by atoms with van der Waals surface area (Å²) in [7, 11) is 0. The number of nitrogens with one attached hydrogen (secondary N) is 1. The molecule has 0 bridgehead atoms. The minimum atomic E-state index is -2.96. The molecule has 0 heterocycles. The molecule has 1 atom stereocenters. The molecule has 1 unspecified atom stereocenters. The third-order valence-electron chi connectivity index (χ3n) is 2.36. The minimum Gasteiger partial charge on any atom is -0.434 e. The van der Waals surface area contributed by atoms with Crippen molar-refractivity contribution in [3.05, 3.63) is 29.8 Å². The van der Waals surface area contributed by atoms with Crippen LogP contribution in [0.25, 0.3) is 0 Å². The monoisotopic (exact) mass is 294 g/mol. The number of carbonyl (C=O) groups is 1. The van der Waals surface area contributed by atoms with Gasteiger partial charge in [-0.15, -0.1) is 12.4 Å². The van der Waals surface area contributed by atoms with Gasteiger partial charge in [0.05, 0.1) is 5.56 Å². The van der Waals surface area contributed by atoms with Crippen molar-refractivity contribution in [2.45, 2.75) is 13.5 Å². The van der Waals surface area contributed by atoms with Crippen LogP contribution in [0.2, 0.25) is 0 Å². The van der Waals surface area contributed by atoms with Crippen molar-refractivity contribution in [1.29, 1.82) is 0 Å². The van der Waals surface area contributed by atoms with E-state index >= 15 is 0 Å². The van der Waals surface area contributed by atoms with Crippen molar-refractivity contribution in [1.82, 2.24) is 5.32 Å². The minimum absolute atomic E-state index is 0. The van der Waals surface area contributed by atoms with Gasteiger partial charge in [-0.1, -0.05) is 19.1 Å². The van der Waals surface area contributed by atoms with Crippen molar-refractivity contribution >= 4 is 18.3 Å². The number of halogens is 3. The van der Waals surface area contributed by atoms with Crippen molar-refractivity contribution in [3.8, 4) is 5.75 Å². The normalized spacial score (nSPS) is 11.6. The fourth-order valence-electron chi connectivity index (χ4n) is 1.30. The molecular formula is C12H17ClF2N2O2. The molecule has 19 heavy (non-hydrogen) atoms.